The molecule has 2 aliphatic rings. The van der Waals surface area contributed by atoms with Crippen molar-refractivity contribution in [1.29, 1.82) is 0 Å². The number of nitrogens with one attached hydrogen (secondary N) is 1. The van der Waals surface area contributed by atoms with Crippen molar-refractivity contribution in [2.75, 3.05) is 67.1 Å². The Balaban J connectivity index is 1.53. The van der Waals surface area contributed by atoms with Crippen LogP contribution in [0.4, 0.5) is 0 Å². The van der Waals surface area contributed by atoms with Gasteiger partial charge in [0.15, 0.2) is 11.5 Å². The van der Waals surface area contributed by atoms with Gasteiger partial charge in [0.1, 0.15) is 0 Å². The lowest BCUT2D eigenvalue weighted by Gasteiger charge is -2.39. The molecule has 1 aromatic carbocycles. The molecule has 0 aliphatic carbocycles. The van der Waals surface area contributed by atoms with Gasteiger partial charge in [0.2, 0.25) is 5.91 Å². The summed E-state index contributed by atoms with van der Waals surface area (Å²) in [5, 5.41) is 5.14. The second-order valence-corrected chi connectivity index (χ2v) is 10.0. The van der Waals surface area contributed by atoms with Gasteiger partial charge in [0.05, 0.1) is 26.2 Å². The summed E-state index contributed by atoms with van der Waals surface area (Å²) in [6, 6.07) is 7.04. The van der Waals surface area contributed by atoms with Crippen LogP contribution in [0.3, 0.4) is 0 Å². The summed E-state index contributed by atoms with van der Waals surface area (Å²) in [6.07, 6.45) is 0.891. The zero-order chi connectivity index (χ0) is 24.9. The maximum Gasteiger partial charge on any atom is 0.254 e. The molecule has 1 fully saturated rings. The predicted molar refractivity (Wildman–Crippen MR) is 138 cm³/mol. The SMILES string of the molecule is CCN1CCN(CCCNC(=O)[C@H]2c3cc(OC)c(OC)cc3C(=O)N(C)[C@H]2c2cccs2)CC1. The zero-order valence-electron chi connectivity index (χ0n) is 21.1. The van der Waals surface area contributed by atoms with E-state index in [4.69, 9.17) is 9.47 Å². The number of amides is 2. The van der Waals surface area contributed by atoms with Crippen molar-refractivity contribution in [3.05, 3.63) is 45.6 Å². The van der Waals surface area contributed by atoms with Crippen LogP contribution in [0.1, 0.15) is 46.1 Å². The lowest BCUT2D eigenvalue weighted by molar-refractivity contribution is -0.124. The molecule has 0 bridgehead atoms. The first kappa shape index (κ1) is 25.5. The van der Waals surface area contributed by atoms with Crippen molar-refractivity contribution in [3.63, 3.8) is 0 Å². The van der Waals surface area contributed by atoms with E-state index in [1.54, 1.807) is 49.6 Å². The van der Waals surface area contributed by atoms with Gasteiger partial charge < -0.3 is 29.5 Å². The molecule has 2 amide bonds. The van der Waals surface area contributed by atoms with E-state index in [0.717, 1.165) is 50.6 Å². The Labute approximate surface area is 211 Å². The van der Waals surface area contributed by atoms with Gasteiger partial charge >= 0.3 is 0 Å². The zero-order valence-corrected chi connectivity index (χ0v) is 21.9. The van der Waals surface area contributed by atoms with Gasteiger partial charge in [0.25, 0.3) is 5.91 Å². The summed E-state index contributed by atoms with van der Waals surface area (Å²) in [7, 11) is 4.87. The Kier molecular flexibility index (Phi) is 8.30. The monoisotopic (exact) mass is 500 g/mol. The van der Waals surface area contributed by atoms with Crippen LogP contribution in [0.15, 0.2) is 29.6 Å². The van der Waals surface area contributed by atoms with Crippen LogP contribution in [0, 0.1) is 0 Å². The first-order chi connectivity index (χ1) is 17.0. The van der Waals surface area contributed by atoms with E-state index in [2.05, 4.69) is 22.0 Å². The molecule has 3 heterocycles. The van der Waals surface area contributed by atoms with Crippen LogP contribution in [0.2, 0.25) is 0 Å². The van der Waals surface area contributed by atoms with Gasteiger partial charge in [-0.05, 0) is 48.7 Å². The summed E-state index contributed by atoms with van der Waals surface area (Å²) in [4.78, 5) is 34.6. The number of hydrogen-bond acceptors (Lipinski definition) is 7. The largest absolute Gasteiger partial charge is 0.493 e. The molecule has 0 saturated carbocycles. The van der Waals surface area contributed by atoms with E-state index in [1.165, 1.54) is 0 Å². The molecular formula is C26H36N4O4S. The summed E-state index contributed by atoms with van der Waals surface area (Å²) in [5.41, 5.74) is 1.16. The normalized spacial score (nSPS) is 21.0. The van der Waals surface area contributed by atoms with Crippen molar-refractivity contribution in [2.45, 2.75) is 25.3 Å². The number of nitrogens with zero attached hydrogens (tertiary/aromatic N) is 3. The Morgan fingerprint density at radius 2 is 1.80 bits per heavy atom. The average Bonchev–Trinajstić information content (AvgIpc) is 3.42. The molecule has 2 atom stereocenters. The Hall–Kier alpha value is -2.62. The van der Waals surface area contributed by atoms with E-state index >= 15 is 0 Å². The summed E-state index contributed by atoms with van der Waals surface area (Å²) < 4.78 is 10.9. The molecule has 35 heavy (non-hydrogen) atoms. The number of ether oxygens (including phenoxy) is 2. The van der Waals surface area contributed by atoms with Crippen LogP contribution in [-0.4, -0.2) is 93.6 Å². The van der Waals surface area contributed by atoms with Crippen molar-refractivity contribution in [3.8, 4) is 11.5 Å². The number of fused-ring (bicyclic) bond motifs is 1. The average molecular weight is 501 g/mol. The van der Waals surface area contributed by atoms with E-state index in [1.807, 2.05) is 17.5 Å². The Bertz CT molecular complexity index is 1020. The van der Waals surface area contributed by atoms with Gasteiger partial charge in [-0.3, -0.25) is 9.59 Å². The van der Waals surface area contributed by atoms with Gasteiger partial charge in [-0.1, -0.05) is 13.0 Å². The standard InChI is InChI=1S/C26H36N4O4S/c1-5-29-11-13-30(14-12-29)10-7-9-27-25(31)23-18-16-20(33-3)21(34-4)17-19(18)26(32)28(2)24(23)22-8-6-15-35-22/h6,8,15-17,23-24H,5,7,9-14H2,1-4H3,(H,27,31)/t23-,24-/m0/s1. The smallest absolute Gasteiger partial charge is 0.254 e. The molecule has 8 nitrogen and oxygen atoms in total. The quantitative estimate of drug-likeness (QED) is 0.534. The molecule has 2 aromatic rings. The fraction of sp³-hybridized carbons (Fsp3) is 0.538. The van der Waals surface area contributed by atoms with Gasteiger partial charge in [-0.15, -0.1) is 11.3 Å². The highest BCUT2D eigenvalue weighted by atomic mass is 32.1. The second-order valence-electron chi connectivity index (χ2n) is 9.07. The molecule has 1 N–H and O–H groups in total. The number of thiophene rings is 1. The van der Waals surface area contributed by atoms with Gasteiger partial charge in [0, 0.05) is 50.2 Å². The number of benzene rings is 1. The van der Waals surface area contributed by atoms with Gasteiger partial charge in [-0.25, -0.2) is 0 Å². The van der Waals surface area contributed by atoms with Crippen molar-refractivity contribution < 1.29 is 19.1 Å². The lowest BCUT2D eigenvalue weighted by Crippen LogP contribution is -2.47. The summed E-state index contributed by atoms with van der Waals surface area (Å²) in [6.45, 7) is 9.24. The Morgan fingerprint density at radius 3 is 2.43 bits per heavy atom. The highest BCUT2D eigenvalue weighted by Crippen LogP contribution is 2.46. The molecule has 0 radical (unpaired) electrons. The van der Waals surface area contributed by atoms with E-state index in [0.29, 0.717) is 29.2 Å². The fourth-order valence-corrected chi connectivity index (χ4v) is 6.00. The van der Waals surface area contributed by atoms with E-state index < -0.39 is 5.92 Å². The van der Waals surface area contributed by atoms with Crippen LogP contribution in [0.5, 0.6) is 11.5 Å². The number of carbonyl (C=O) groups excluding carboxylic acids is 2. The summed E-state index contributed by atoms with van der Waals surface area (Å²) >= 11 is 1.56. The molecule has 2 aliphatic heterocycles. The molecular weight excluding hydrogens is 464 g/mol. The predicted octanol–water partition coefficient (Wildman–Crippen LogP) is 2.82. The second kappa shape index (κ2) is 11.4. The minimum absolute atomic E-state index is 0.0768. The highest BCUT2D eigenvalue weighted by Gasteiger charge is 2.44. The number of methoxy groups -OCH3 is 2. The highest BCUT2D eigenvalue weighted by molar-refractivity contribution is 7.10. The van der Waals surface area contributed by atoms with Gasteiger partial charge in [-0.2, -0.15) is 0 Å². The van der Waals surface area contributed by atoms with E-state index in [-0.39, 0.29) is 17.9 Å². The maximum absolute atomic E-state index is 13.7. The third-order valence-corrected chi connectivity index (χ3v) is 8.10. The number of carbonyl (C=O) groups is 2. The maximum atomic E-state index is 13.7. The molecule has 190 valence electrons. The topological polar surface area (TPSA) is 74.4 Å². The minimum Gasteiger partial charge on any atom is -0.493 e. The van der Waals surface area contributed by atoms with Crippen molar-refractivity contribution >= 4 is 23.2 Å². The van der Waals surface area contributed by atoms with Crippen molar-refractivity contribution in [1.82, 2.24) is 20.0 Å². The summed E-state index contributed by atoms with van der Waals surface area (Å²) in [5.74, 6) is 0.239. The fourth-order valence-electron chi connectivity index (χ4n) is 5.10. The third-order valence-electron chi connectivity index (χ3n) is 7.15. The number of rotatable bonds is 9. The number of hydrogen-bond donors (Lipinski definition) is 1. The van der Waals surface area contributed by atoms with Crippen LogP contribution < -0.4 is 14.8 Å². The number of likely N-dealkylation sites (N-methyl/N-ethyl adjacent to an activating group) is 2. The van der Waals surface area contributed by atoms with Crippen LogP contribution in [0.25, 0.3) is 0 Å². The molecule has 1 aromatic heterocycles. The molecule has 1 saturated heterocycles. The third kappa shape index (κ3) is 5.32. The minimum atomic E-state index is -0.542. The van der Waals surface area contributed by atoms with E-state index in [9.17, 15) is 9.59 Å². The molecule has 0 unspecified atom stereocenters. The molecule has 0 spiro atoms. The van der Waals surface area contributed by atoms with Crippen LogP contribution >= 0.6 is 11.3 Å². The first-order valence-corrected chi connectivity index (χ1v) is 13.1. The van der Waals surface area contributed by atoms with Crippen LogP contribution in [-0.2, 0) is 4.79 Å². The lowest BCUT2D eigenvalue weighted by atomic mass is 9.81. The number of piperazine rings is 1. The van der Waals surface area contributed by atoms with Crippen molar-refractivity contribution in [2.24, 2.45) is 0 Å². The molecule has 9 heteroatoms. The molecule has 4 rings (SSSR count). The Morgan fingerprint density at radius 1 is 1.11 bits per heavy atom. The first-order valence-electron chi connectivity index (χ1n) is 12.3.